The number of hydrogen-bond acceptors (Lipinski definition) is 2. The molecule has 0 atom stereocenters. The van der Waals surface area contributed by atoms with Crippen LogP contribution in [0.1, 0.15) is 4.88 Å². The number of rotatable bonds is 2. The molecule has 2 aromatic rings. The Morgan fingerprint density at radius 2 is 2.14 bits per heavy atom. The lowest BCUT2D eigenvalue weighted by molar-refractivity contribution is 1.39. The van der Waals surface area contributed by atoms with Gasteiger partial charge in [0.25, 0.3) is 0 Å². The standard InChI is InChI=1S/C11H9ClS2/c1-8-11(5-6-13-8)14-10-4-2-3-9(12)7-10/h2-7H,1H3. The molecule has 1 aromatic heterocycles. The summed E-state index contributed by atoms with van der Waals surface area (Å²) in [5.41, 5.74) is 0. The van der Waals surface area contributed by atoms with Crippen LogP contribution in [0.4, 0.5) is 0 Å². The number of hydrogen-bond donors (Lipinski definition) is 0. The summed E-state index contributed by atoms with van der Waals surface area (Å²) in [5.74, 6) is 0. The van der Waals surface area contributed by atoms with Gasteiger partial charge in [0.2, 0.25) is 0 Å². The fourth-order valence-corrected chi connectivity index (χ4v) is 3.21. The van der Waals surface area contributed by atoms with Crippen molar-refractivity contribution in [3.05, 3.63) is 45.6 Å². The van der Waals surface area contributed by atoms with E-state index in [0.717, 1.165) is 5.02 Å². The Bertz CT molecular complexity index is 434. The van der Waals surface area contributed by atoms with Crippen molar-refractivity contribution in [1.29, 1.82) is 0 Å². The largest absolute Gasteiger partial charge is 0.148 e. The second-order valence-corrected chi connectivity index (χ2v) is 5.57. The van der Waals surface area contributed by atoms with E-state index in [1.807, 2.05) is 18.2 Å². The highest BCUT2D eigenvalue weighted by Crippen LogP contribution is 2.33. The van der Waals surface area contributed by atoms with Gasteiger partial charge in [0, 0.05) is 19.7 Å². The van der Waals surface area contributed by atoms with Crippen LogP contribution in [-0.4, -0.2) is 0 Å². The Labute approximate surface area is 96.9 Å². The van der Waals surface area contributed by atoms with E-state index in [0.29, 0.717) is 0 Å². The van der Waals surface area contributed by atoms with Crippen LogP contribution in [0.2, 0.25) is 5.02 Å². The second kappa shape index (κ2) is 4.39. The third kappa shape index (κ3) is 2.32. The Morgan fingerprint density at radius 3 is 2.79 bits per heavy atom. The Hall–Kier alpha value is -0.440. The molecule has 0 amide bonds. The van der Waals surface area contributed by atoms with Crippen molar-refractivity contribution in [3.63, 3.8) is 0 Å². The molecule has 0 bridgehead atoms. The van der Waals surface area contributed by atoms with Crippen LogP contribution in [0.5, 0.6) is 0 Å². The van der Waals surface area contributed by atoms with Crippen LogP contribution in [0.25, 0.3) is 0 Å². The molecule has 0 radical (unpaired) electrons. The third-order valence-electron chi connectivity index (χ3n) is 1.84. The van der Waals surface area contributed by atoms with E-state index in [1.54, 1.807) is 23.1 Å². The summed E-state index contributed by atoms with van der Waals surface area (Å²) in [6, 6.07) is 10.1. The summed E-state index contributed by atoms with van der Waals surface area (Å²) in [5, 5.41) is 2.91. The minimum absolute atomic E-state index is 0.794. The minimum atomic E-state index is 0.794. The van der Waals surface area contributed by atoms with E-state index in [9.17, 15) is 0 Å². The van der Waals surface area contributed by atoms with Crippen molar-refractivity contribution in [2.75, 3.05) is 0 Å². The number of thiophene rings is 1. The van der Waals surface area contributed by atoms with E-state index in [-0.39, 0.29) is 0 Å². The summed E-state index contributed by atoms with van der Waals surface area (Å²) in [4.78, 5) is 3.87. The van der Waals surface area contributed by atoms with Crippen LogP contribution < -0.4 is 0 Å². The Balaban J connectivity index is 2.23. The molecular formula is C11H9ClS2. The number of benzene rings is 1. The first kappa shape index (κ1) is 10.1. The summed E-state index contributed by atoms with van der Waals surface area (Å²) in [6.07, 6.45) is 0. The van der Waals surface area contributed by atoms with Gasteiger partial charge in [-0.05, 0) is 36.6 Å². The highest BCUT2D eigenvalue weighted by molar-refractivity contribution is 7.99. The monoisotopic (exact) mass is 240 g/mol. The molecule has 0 aliphatic carbocycles. The molecule has 0 N–H and O–H groups in total. The van der Waals surface area contributed by atoms with Gasteiger partial charge in [0.15, 0.2) is 0 Å². The maximum absolute atomic E-state index is 5.91. The van der Waals surface area contributed by atoms with Crippen LogP contribution in [0.3, 0.4) is 0 Å². The zero-order valence-electron chi connectivity index (χ0n) is 7.66. The lowest BCUT2D eigenvalue weighted by Crippen LogP contribution is -1.72. The lowest BCUT2D eigenvalue weighted by Gasteiger charge is -2.00. The maximum Gasteiger partial charge on any atom is 0.0417 e. The van der Waals surface area contributed by atoms with E-state index in [4.69, 9.17) is 11.6 Å². The smallest absolute Gasteiger partial charge is 0.0417 e. The van der Waals surface area contributed by atoms with Crippen molar-refractivity contribution in [2.24, 2.45) is 0 Å². The molecule has 1 heterocycles. The van der Waals surface area contributed by atoms with Crippen molar-refractivity contribution in [3.8, 4) is 0 Å². The van der Waals surface area contributed by atoms with Gasteiger partial charge in [-0.1, -0.05) is 29.4 Å². The number of aryl methyl sites for hydroxylation is 1. The van der Waals surface area contributed by atoms with Crippen LogP contribution >= 0.6 is 34.7 Å². The summed E-state index contributed by atoms with van der Waals surface area (Å²) >= 11 is 9.45. The lowest BCUT2D eigenvalue weighted by atomic mass is 10.4. The summed E-state index contributed by atoms with van der Waals surface area (Å²) in [6.45, 7) is 2.14. The Morgan fingerprint density at radius 1 is 1.29 bits per heavy atom. The van der Waals surface area contributed by atoms with Gasteiger partial charge >= 0.3 is 0 Å². The zero-order valence-corrected chi connectivity index (χ0v) is 10.0. The predicted octanol–water partition coefficient (Wildman–Crippen LogP) is 4.86. The average Bonchev–Trinajstić information content (AvgIpc) is 2.52. The van der Waals surface area contributed by atoms with Gasteiger partial charge in [-0.3, -0.25) is 0 Å². The molecule has 0 fully saturated rings. The van der Waals surface area contributed by atoms with Crippen LogP contribution in [-0.2, 0) is 0 Å². The Kier molecular flexibility index (Phi) is 3.16. The normalized spacial score (nSPS) is 10.4. The van der Waals surface area contributed by atoms with Gasteiger partial charge in [0.1, 0.15) is 0 Å². The van der Waals surface area contributed by atoms with Crippen molar-refractivity contribution < 1.29 is 0 Å². The van der Waals surface area contributed by atoms with E-state index >= 15 is 0 Å². The summed E-state index contributed by atoms with van der Waals surface area (Å²) in [7, 11) is 0. The molecule has 0 aliphatic heterocycles. The van der Waals surface area contributed by atoms with Gasteiger partial charge in [-0.25, -0.2) is 0 Å². The fourth-order valence-electron chi connectivity index (χ4n) is 1.14. The zero-order chi connectivity index (χ0) is 9.97. The fraction of sp³-hybridized carbons (Fsp3) is 0.0909. The molecule has 0 saturated carbocycles. The SMILES string of the molecule is Cc1sccc1Sc1cccc(Cl)c1. The maximum atomic E-state index is 5.91. The molecule has 3 heteroatoms. The summed E-state index contributed by atoms with van der Waals surface area (Å²) < 4.78 is 0. The first-order valence-electron chi connectivity index (χ1n) is 4.23. The van der Waals surface area contributed by atoms with Crippen LogP contribution in [0, 0.1) is 6.92 Å². The molecule has 0 spiro atoms. The van der Waals surface area contributed by atoms with Gasteiger partial charge in [-0.2, -0.15) is 0 Å². The molecule has 14 heavy (non-hydrogen) atoms. The van der Waals surface area contributed by atoms with Gasteiger partial charge in [-0.15, -0.1) is 11.3 Å². The minimum Gasteiger partial charge on any atom is -0.148 e. The number of halogens is 1. The highest BCUT2D eigenvalue weighted by Gasteiger charge is 2.02. The van der Waals surface area contributed by atoms with E-state index in [1.165, 1.54) is 14.7 Å². The molecule has 0 nitrogen and oxygen atoms in total. The van der Waals surface area contributed by atoms with Gasteiger partial charge in [0.05, 0.1) is 0 Å². The second-order valence-electron chi connectivity index (χ2n) is 2.90. The third-order valence-corrected chi connectivity index (χ3v) is 4.20. The molecular weight excluding hydrogens is 232 g/mol. The first-order valence-corrected chi connectivity index (χ1v) is 6.30. The van der Waals surface area contributed by atoms with Crippen molar-refractivity contribution in [1.82, 2.24) is 0 Å². The van der Waals surface area contributed by atoms with Crippen molar-refractivity contribution >= 4 is 34.7 Å². The topological polar surface area (TPSA) is 0 Å². The van der Waals surface area contributed by atoms with Crippen LogP contribution in [0.15, 0.2) is 45.5 Å². The van der Waals surface area contributed by atoms with Crippen molar-refractivity contribution in [2.45, 2.75) is 16.7 Å². The molecule has 0 aliphatic rings. The highest BCUT2D eigenvalue weighted by atomic mass is 35.5. The molecule has 0 saturated heterocycles. The molecule has 0 unspecified atom stereocenters. The molecule has 1 aromatic carbocycles. The molecule has 2 rings (SSSR count). The van der Waals surface area contributed by atoms with E-state index < -0.39 is 0 Å². The quantitative estimate of drug-likeness (QED) is 0.722. The predicted molar refractivity (Wildman–Crippen MR) is 64.6 cm³/mol. The first-order chi connectivity index (χ1) is 6.75. The van der Waals surface area contributed by atoms with Gasteiger partial charge < -0.3 is 0 Å². The average molecular weight is 241 g/mol. The molecule has 72 valence electrons. The van der Waals surface area contributed by atoms with E-state index in [2.05, 4.69) is 24.4 Å².